The van der Waals surface area contributed by atoms with E-state index in [0.717, 1.165) is 74.9 Å². The van der Waals surface area contributed by atoms with Crippen LogP contribution in [0.15, 0.2) is 120 Å². The maximum absolute atomic E-state index is 16.0. The molecule has 6 aromatic rings. The number of methoxy groups -OCH3 is 2. The molecule has 0 bridgehead atoms. The Bertz CT molecular complexity index is 3660. The van der Waals surface area contributed by atoms with E-state index < -0.39 is 125 Å². The van der Waals surface area contributed by atoms with Crippen molar-refractivity contribution in [1.82, 2.24) is 15.0 Å². The standard InChI is InChI=1S/C42H42F2N10O19S5/c1-70-34-11-7-25(17-38(34)77(64,65)66)51-53-30-21-36(72-13-3-15-74(55,56)57)32(19-28(30)43)46-41-48-40(45-23-24-5-9-27(10-6-24)76(61,62)63)49-42(50-41)47-33-20-29(44)31(22-37(33)73-14-4-16-75(58,59)60)54-52-26-8-12-35(71-2)39(18-26)78(67,68)69/h5-12,17-22H,3-4,13-16,23H2,1-2H3,(H,55,56,57)(H,58,59,60)(H,61,62,63)(H,64,65,66)(H,67,68,69)(H3,45,46,47,48,49,50). The third-order valence-corrected chi connectivity index (χ3v) is 14.1. The van der Waals surface area contributed by atoms with E-state index in [1.54, 1.807) is 0 Å². The molecule has 1 aromatic heterocycles. The molecular weight excluding hydrogens is 1150 g/mol. The van der Waals surface area contributed by atoms with E-state index in [1.807, 2.05) is 0 Å². The number of ether oxygens (including phenoxy) is 4. The van der Waals surface area contributed by atoms with Gasteiger partial charge in [-0.15, -0.1) is 10.2 Å². The summed E-state index contributed by atoms with van der Waals surface area (Å²) in [6, 6.07) is 15.0. The van der Waals surface area contributed by atoms with E-state index >= 15 is 8.78 Å². The minimum Gasteiger partial charge on any atom is -0.495 e. The largest absolute Gasteiger partial charge is 0.495 e. The van der Waals surface area contributed by atoms with Crippen molar-refractivity contribution < 1.29 is 92.6 Å². The Hall–Kier alpha value is -7.68. The third-order valence-electron chi connectivity index (χ3n) is 9.90. The molecule has 0 aliphatic rings. The molecule has 418 valence electrons. The second-order valence-corrected chi connectivity index (χ2v) is 23.0. The van der Waals surface area contributed by atoms with Crippen molar-refractivity contribution in [2.45, 2.75) is 34.1 Å². The van der Waals surface area contributed by atoms with Gasteiger partial charge in [-0.2, -0.15) is 67.3 Å². The number of anilines is 5. The molecule has 0 aliphatic heterocycles. The van der Waals surface area contributed by atoms with E-state index in [2.05, 4.69) is 51.4 Å². The molecule has 0 unspecified atom stereocenters. The molecule has 6 rings (SSSR count). The van der Waals surface area contributed by atoms with Crippen molar-refractivity contribution >= 4 is 103 Å². The second kappa shape index (κ2) is 24.8. The molecular formula is C42H42F2N10O19S5. The molecule has 0 fully saturated rings. The van der Waals surface area contributed by atoms with Crippen LogP contribution in [-0.2, 0) is 57.1 Å². The van der Waals surface area contributed by atoms with Gasteiger partial charge in [0.15, 0.2) is 11.6 Å². The van der Waals surface area contributed by atoms with Crippen molar-refractivity contribution in [3.8, 4) is 23.0 Å². The van der Waals surface area contributed by atoms with Crippen LogP contribution >= 0.6 is 0 Å². The summed E-state index contributed by atoms with van der Waals surface area (Å²) in [5.74, 6) is -6.03. The lowest BCUT2D eigenvalue weighted by atomic mass is 10.2. The van der Waals surface area contributed by atoms with Crippen LogP contribution in [0, 0.1) is 11.6 Å². The predicted octanol–water partition coefficient (Wildman–Crippen LogP) is 7.15. The Morgan fingerprint density at radius 2 is 0.910 bits per heavy atom. The van der Waals surface area contributed by atoms with Gasteiger partial charge in [0.25, 0.3) is 50.6 Å². The Morgan fingerprint density at radius 1 is 0.500 bits per heavy atom. The number of nitrogens with zero attached hydrogens (tertiary/aromatic N) is 7. The fourth-order valence-electron chi connectivity index (χ4n) is 6.37. The predicted molar refractivity (Wildman–Crippen MR) is 270 cm³/mol. The molecule has 5 aromatic carbocycles. The van der Waals surface area contributed by atoms with E-state index in [1.165, 1.54) is 24.3 Å². The highest BCUT2D eigenvalue weighted by molar-refractivity contribution is 7.86. The lowest BCUT2D eigenvalue weighted by molar-refractivity contribution is 0.317. The van der Waals surface area contributed by atoms with Gasteiger partial charge in [0.1, 0.15) is 44.2 Å². The van der Waals surface area contributed by atoms with Crippen molar-refractivity contribution in [3.63, 3.8) is 0 Å². The average Bonchev–Trinajstić information content (AvgIpc) is 3.37. The van der Waals surface area contributed by atoms with Crippen molar-refractivity contribution in [3.05, 3.63) is 102 Å². The zero-order valence-electron chi connectivity index (χ0n) is 39.9. The third kappa shape index (κ3) is 17.4. The quantitative estimate of drug-likeness (QED) is 0.0152. The minimum absolute atomic E-state index is 0.151. The summed E-state index contributed by atoms with van der Waals surface area (Å²) in [5, 5.41) is 23.6. The molecule has 8 N–H and O–H groups in total. The molecule has 29 nitrogen and oxygen atoms in total. The highest BCUT2D eigenvalue weighted by atomic mass is 32.2. The van der Waals surface area contributed by atoms with Crippen LogP contribution in [0.25, 0.3) is 0 Å². The first kappa shape index (κ1) is 59.6. The topological polar surface area (TPSA) is 433 Å². The summed E-state index contributed by atoms with van der Waals surface area (Å²) in [7, 11) is -20.9. The number of hydrogen-bond donors (Lipinski definition) is 8. The number of benzene rings is 5. The summed E-state index contributed by atoms with van der Waals surface area (Å²) in [6.45, 7) is -1.01. The molecule has 0 atom stereocenters. The van der Waals surface area contributed by atoms with E-state index in [-0.39, 0.29) is 71.1 Å². The molecule has 36 heteroatoms. The Morgan fingerprint density at radius 3 is 1.28 bits per heavy atom. The SMILES string of the molecule is COc1ccc(N=Nc2cc(OCCCS(=O)(=O)O)c(Nc3nc(NCc4ccc(S(=O)(=O)O)cc4)nc(Nc4cc(F)c(N=Nc5ccc(OC)c(S(=O)(=O)O)c5)cc4OCCCS(=O)(=O)O)n3)cc2F)cc1S(=O)(=O)O. The van der Waals surface area contributed by atoms with Gasteiger partial charge >= 0.3 is 0 Å². The van der Waals surface area contributed by atoms with Gasteiger partial charge in [-0.05, 0) is 66.9 Å². The van der Waals surface area contributed by atoms with E-state index in [0.29, 0.717) is 5.56 Å². The maximum Gasteiger partial charge on any atom is 0.298 e. The van der Waals surface area contributed by atoms with E-state index in [9.17, 15) is 64.9 Å². The monoisotopic (exact) mass is 1190 g/mol. The van der Waals surface area contributed by atoms with Gasteiger partial charge in [0.2, 0.25) is 17.8 Å². The van der Waals surface area contributed by atoms with Crippen molar-refractivity contribution in [1.29, 1.82) is 0 Å². The van der Waals surface area contributed by atoms with Crippen LogP contribution in [0.5, 0.6) is 23.0 Å². The summed E-state index contributed by atoms with van der Waals surface area (Å²) in [5.41, 5.74) is -1.66. The normalized spacial score (nSPS) is 12.4. The van der Waals surface area contributed by atoms with E-state index in [4.69, 9.17) is 18.9 Å². The van der Waals surface area contributed by atoms with Crippen LogP contribution in [0.1, 0.15) is 18.4 Å². The zero-order chi connectivity index (χ0) is 57.2. The minimum atomic E-state index is -4.83. The smallest absolute Gasteiger partial charge is 0.298 e. The highest BCUT2D eigenvalue weighted by Gasteiger charge is 2.22. The van der Waals surface area contributed by atoms with Gasteiger partial charge in [-0.3, -0.25) is 22.8 Å². The van der Waals surface area contributed by atoms with Crippen LogP contribution in [0.4, 0.5) is 60.8 Å². The molecule has 0 saturated carbocycles. The van der Waals surface area contributed by atoms with Crippen LogP contribution in [0.3, 0.4) is 0 Å². The Balaban J connectivity index is 1.42. The van der Waals surface area contributed by atoms with Gasteiger partial charge in [-0.1, -0.05) is 12.1 Å². The zero-order valence-corrected chi connectivity index (χ0v) is 44.0. The van der Waals surface area contributed by atoms with Crippen LogP contribution in [-0.4, -0.2) is 119 Å². The Labute approximate surface area is 442 Å². The molecule has 0 spiro atoms. The van der Waals surface area contributed by atoms with Gasteiger partial charge in [-0.25, -0.2) is 8.78 Å². The van der Waals surface area contributed by atoms with Crippen molar-refractivity contribution in [2.24, 2.45) is 20.5 Å². The van der Waals surface area contributed by atoms with Gasteiger partial charge in [0.05, 0.1) is 66.6 Å². The number of halogens is 2. The highest BCUT2D eigenvalue weighted by Crippen LogP contribution is 2.39. The van der Waals surface area contributed by atoms with Crippen LogP contribution < -0.4 is 34.9 Å². The average molecular weight is 1190 g/mol. The number of hydrogen-bond acceptors (Lipinski definition) is 24. The number of aromatic nitrogens is 3. The van der Waals surface area contributed by atoms with Crippen molar-refractivity contribution in [2.75, 3.05) is 54.9 Å². The second-order valence-electron chi connectivity index (χ2n) is 15.6. The molecule has 0 aliphatic carbocycles. The molecule has 78 heavy (non-hydrogen) atoms. The first-order valence-corrected chi connectivity index (χ1v) is 29.1. The molecule has 0 amide bonds. The maximum atomic E-state index is 16.0. The summed E-state index contributed by atoms with van der Waals surface area (Å²) in [6.07, 6.45) is -0.605. The lowest BCUT2D eigenvalue weighted by Crippen LogP contribution is -2.12. The summed E-state index contributed by atoms with van der Waals surface area (Å²) >= 11 is 0. The summed E-state index contributed by atoms with van der Waals surface area (Å²) < 4.78 is 218. The number of nitrogens with one attached hydrogen (secondary N) is 3. The molecule has 0 radical (unpaired) electrons. The lowest BCUT2D eigenvalue weighted by Gasteiger charge is -2.16. The number of azo groups is 2. The molecule has 1 heterocycles. The molecule has 0 saturated heterocycles. The van der Waals surface area contributed by atoms with Gasteiger partial charge < -0.3 is 34.9 Å². The van der Waals surface area contributed by atoms with Gasteiger partial charge in [0, 0.05) is 30.8 Å². The van der Waals surface area contributed by atoms with Crippen LogP contribution in [0.2, 0.25) is 0 Å². The fraction of sp³-hybridized carbons (Fsp3) is 0.214. The fourth-order valence-corrected chi connectivity index (χ4v) is 9.17. The number of rotatable bonds is 26. The Kier molecular flexibility index (Phi) is 18.9. The summed E-state index contributed by atoms with van der Waals surface area (Å²) in [4.78, 5) is 11.1. The first-order valence-electron chi connectivity index (χ1n) is 21.6. The first-order chi connectivity index (χ1) is 36.5.